The number of pyridine rings is 1. The van der Waals surface area contributed by atoms with E-state index in [0.29, 0.717) is 25.2 Å². The van der Waals surface area contributed by atoms with E-state index in [2.05, 4.69) is 39.9 Å². The van der Waals surface area contributed by atoms with Crippen LogP contribution in [-0.4, -0.2) is 28.7 Å². The molecule has 0 saturated carbocycles. The molecule has 1 aliphatic heterocycles. The van der Waals surface area contributed by atoms with Gasteiger partial charge in [0.1, 0.15) is 5.82 Å². The number of likely N-dealkylation sites (N-methyl/N-ethyl adjacent to an activating group) is 1. The number of hydrogen-bond acceptors (Lipinski definition) is 4. The quantitative estimate of drug-likeness (QED) is 0.703. The molecule has 0 aliphatic carbocycles. The molecule has 2 amide bonds. The molecule has 27 heavy (non-hydrogen) atoms. The van der Waals surface area contributed by atoms with Crippen molar-refractivity contribution in [1.82, 2.24) is 9.88 Å². The molecule has 0 saturated heterocycles. The minimum absolute atomic E-state index is 0.00395. The average molecular weight is 377 g/mol. The van der Waals surface area contributed by atoms with E-state index in [1.807, 2.05) is 6.07 Å². The Hall–Kier alpha value is -2.99. The Bertz CT molecular complexity index is 1050. The van der Waals surface area contributed by atoms with Gasteiger partial charge in [0.25, 0.3) is 0 Å². The predicted octanol–water partition coefficient (Wildman–Crippen LogP) is 3.85. The first-order valence-corrected chi connectivity index (χ1v) is 9.64. The first-order chi connectivity index (χ1) is 13.1. The normalized spacial score (nSPS) is 13.6. The van der Waals surface area contributed by atoms with Crippen LogP contribution in [0.3, 0.4) is 0 Å². The van der Waals surface area contributed by atoms with Crippen molar-refractivity contribution in [2.24, 2.45) is 0 Å². The Morgan fingerprint density at radius 2 is 2.19 bits per heavy atom. The number of anilines is 1. The summed E-state index contributed by atoms with van der Waals surface area (Å²) in [6, 6.07) is 10.4. The van der Waals surface area contributed by atoms with Crippen LogP contribution in [0.1, 0.15) is 23.1 Å². The zero-order valence-corrected chi connectivity index (χ0v) is 15.8. The first-order valence-electron chi connectivity index (χ1n) is 8.76. The van der Waals surface area contributed by atoms with Gasteiger partial charge < -0.3 is 10.2 Å². The fourth-order valence-electron chi connectivity index (χ4n) is 3.13. The number of fused-ring (bicyclic) bond motifs is 2. The zero-order chi connectivity index (χ0) is 18.8. The van der Waals surface area contributed by atoms with Crippen LogP contribution in [0.15, 0.2) is 48.0 Å². The zero-order valence-electron chi connectivity index (χ0n) is 14.9. The maximum absolute atomic E-state index is 12.4. The van der Waals surface area contributed by atoms with Crippen LogP contribution < -0.4 is 5.32 Å². The number of nitrogens with one attached hydrogen (secondary N) is 1. The van der Waals surface area contributed by atoms with Crippen LogP contribution in [0.4, 0.5) is 5.82 Å². The van der Waals surface area contributed by atoms with Gasteiger partial charge in [-0.15, -0.1) is 11.3 Å². The molecular weight excluding hydrogens is 358 g/mol. The molecule has 6 heteroatoms. The van der Waals surface area contributed by atoms with Gasteiger partial charge in [0.15, 0.2) is 0 Å². The van der Waals surface area contributed by atoms with E-state index in [1.54, 1.807) is 41.6 Å². The van der Waals surface area contributed by atoms with Crippen LogP contribution in [0.25, 0.3) is 16.2 Å². The predicted molar refractivity (Wildman–Crippen MR) is 109 cm³/mol. The van der Waals surface area contributed by atoms with Gasteiger partial charge in [-0.2, -0.15) is 0 Å². The monoisotopic (exact) mass is 377 g/mol. The maximum atomic E-state index is 12.4. The lowest BCUT2D eigenvalue weighted by Crippen LogP contribution is -2.24. The van der Waals surface area contributed by atoms with Crippen molar-refractivity contribution < 1.29 is 9.59 Å². The molecule has 1 aromatic carbocycles. The highest BCUT2D eigenvalue weighted by Gasteiger charge is 2.15. The van der Waals surface area contributed by atoms with Gasteiger partial charge in [-0.25, -0.2) is 4.98 Å². The molecule has 4 rings (SSSR count). The molecule has 5 nitrogen and oxygen atoms in total. The molecule has 0 radical (unpaired) electrons. The van der Waals surface area contributed by atoms with Gasteiger partial charge in [-0.3, -0.25) is 9.59 Å². The number of rotatable bonds is 4. The Kier molecular flexibility index (Phi) is 4.73. The lowest BCUT2D eigenvalue weighted by Gasteiger charge is -2.16. The highest BCUT2D eigenvalue weighted by atomic mass is 32.1. The van der Waals surface area contributed by atoms with E-state index in [1.165, 1.54) is 10.1 Å². The van der Waals surface area contributed by atoms with E-state index in [4.69, 9.17) is 0 Å². The standard InChI is InChI=1S/C21H19N3O2S/c1-24(13-15-2-5-18-16(11-15)8-9-27-18)20(26)7-3-14-10-17-4-6-19(25)23-21(17)22-12-14/h2-3,5,7-12H,4,6,13H2,1H3,(H,22,23,25). The largest absolute Gasteiger partial charge is 0.338 e. The topological polar surface area (TPSA) is 62.3 Å². The molecule has 0 unspecified atom stereocenters. The van der Waals surface area contributed by atoms with Crippen LogP contribution in [0.2, 0.25) is 0 Å². The number of benzene rings is 1. The summed E-state index contributed by atoms with van der Waals surface area (Å²) in [4.78, 5) is 29.8. The number of nitrogens with zero attached hydrogens (tertiary/aromatic N) is 2. The fourth-order valence-corrected chi connectivity index (χ4v) is 3.90. The minimum Gasteiger partial charge on any atom is -0.338 e. The number of amides is 2. The van der Waals surface area contributed by atoms with Crippen molar-refractivity contribution in [3.63, 3.8) is 0 Å². The van der Waals surface area contributed by atoms with Crippen molar-refractivity contribution in [2.45, 2.75) is 19.4 Å². The van der Waals surface area contributed by atoms with Gasteiger partial charge in [0, 0.05) is 37.0 Å². The third-order valence-electron chi connectivity index (χ3n) is 4.60. The van der Waals surface area contributed by atoms with Gasteiger partial charge in [-0.05, 0) is 64.2 Å². The maximum Gasteiger partial charge on any atom is 0.246 e. The van der Waals surface area contributed by atoms with Crippen molar-refractivity contribution in [2.75, 3.05) is 12.4 Å². The number of aromatic nitrogens is 1. The molecule has 1 N–H and O–H groups in total. The molecule has 0 fully saturated rings. The second-order valence-corrected chi connectivity index (χ2v) is 7.59. The molecule has 2 aromatic heterocycles. The summed E-state index contributed by atoms with van der Waals surface area (Å²) in [5, 5.41) is 6.04. The van der Waals surface area contributed by atoms with E-state index >= 15 is 0 Å². The van der Waals surface area contributed by atoms with Crippen LogP contribution in [-0.2, 0) is 22.6 Å². The third-order valence-corrected chi connectivity index (χ3v) is 5.50. The van der Waals surface area contributed by atoms with E-state index in [-0.39, 0.29) is 11.8 Å². The smallest absolute Gasteiger partial charge is 0.246 e. The van der Waals surface area contributed by atoms with Crippen molar-refractivity contribution in [3.8, 4) is 0 Å². The van der Waals surface area contributed by atoms with Crippen LogP contribution >= 0.6 is 11.3 Å². The third kappa shape index (κ3) is 3.90. The molecule has 3 heterocycles. The van der Waals surface area contributed by atoms with Crippen LogP contribution in [0.5, 0.6) is 0 Å². The minimum atomic E-state index is -0.0635. The summed E-state index contributed by atoms with van der Waals surface area (Å²) in [5.41, 5.74) is 2.96. The van der Waals surface area contributed by atoms with Crippen LogP contribution in [0, 0.1) is 0 Å². The van der Waals surface area contributed by atoms with Gasteiger partial charge in [0.05, 0.1) is 0 Å². The van der Waals surface area contributed by atoms with Gasteiger partial charge in [0.2, 0.25) is 11.8 Å². The second-order valence-electron chi connectivity index (χ2n) is 6.64. The average Bonchev–Trinajstić information content (AvgIpc) is 3.13. The summed E-state index contributed by atoms with van der Waals surface area (Å²) in [7, 11) is 1.80. The summed E-state index contributed by atoms with van der Waals surface area (Å²) >= 11 is 1.72. The number of thiophene rings is 1. The molecule has 1 aliphatic rings. The second kappa shape index (κ2) is 7.32. The summed E-state index contributed by atoms with van der Waals surface area (Å²) in [5.74, 6) is 0.554. The fraction of sp³-hybridized carbons (Fsp3) is 0.190. The number of carbonyl (C=O) groups excluding carboxylic acids is 2. The molecular formula is C21H19N3O2S. The van der Waals surface area contributed by atoms with Crippen molar-refractivity contribution in [3.05, 3.63) is 64.7 Å². The van der Waals surface area contributed by atoms with E-state index < -0.39 is 0 Å². The number of aryl methyl sites for hydroxylation is 1. The Labute approximate surface area is 161 Å². The first kappa shape index (κ1) is 17.4. The van der Waals surface area contributed by atoms with Crippen molar-refractivity contribution >= 4 is 45.1 Å². The Balaban J connectivity index is 1.42. The molecule has 0 bridgehead atoms. The molecule has 136 valence electrons. The number of carbonyl (C=O) groups is 2. The van der Waals surface area contributed by atoms with Gasteiger partial charge in [-0.1, -0.05) is 6.07 Å². The molecule has 3 aromatic rings. The van der Waals surface area contributed by atoms with E-state index in [9.17, 15) is 9.59 Å². The Morgan fingerprint density at radius 3 is 3.07 bits per heavy atom. The highest BCUT2D eigenvalue weighted by molar-refractivity contribution is 7.17. The summed E-state index contributed by atoms with van der Waals surface area (Å²) in [6.45, 7) is 0.559. The SMILES string of the molecule is CN(Cc1ccc2sccc2c1)C(=O)C=Cc1cnc2c(c1)CCC(=O)N2. The van der Waals surface area contributed by atoms with E-state index in [0.717, 1.165) is 16.7 Å². The summed E-state index contributed by atoms with van der Waals surface area (Å²) < 4.78 is 1.25. The van der Waals surface area contributed by atoms with Crippen molar-refractivity contribution in [1.29, 1.82) is 0 Å². The van der Waals surface area contributed by atoms with Gasteiger partial charge >= 0.3 is 0 Å². The highest BCUT2D eigenvalue weighted by Crippen LogP contribution is 2.23. The molecule has 0 spiro atoms. The lowest BCUT2D eigenvalue weighted by atomic mass is 10.0. The Morgan fingerprint density at radius 1 is 1.30 bits per heavy atom. The lowest BCUT2D eigenvalue weighted by molar-refractivity contribution is -0.125. The number of hydrogen-bond donors (Lipinski definition) is 1. The summed E-state index contributed by atoms with van der Waals surface area (Å²) in [6.07, 6.45) is 6.14. The molecule has 0 atom stereocenters.